The Hall–Kier alpha value is -2.94. The zero-order valence-electron chi connectivity index (χ0n) is 28.2. The van der Waals surface area contributed by atoms with E-state index in [1.165, 1.54) is 99.6 Å². The van der Waals surface area contributed by atoms with Gasteiger partial charge in [-0.2, -0.15) is 0 Å². The van der Waals surface area contributed by atoms with Crippen molar-refractivity contribution in [2.45, 2.75) is 69.6 Å². The van der Waals surface area contributed by atoms with E-state index in [9.17, 15) is 0 Å². The number of fused-ring (bicyclic) bond motifs is 3. The molecule has 0 saturated heterocycles. The lowest BCUT2D eigenvalue weighted by molar-refractivity contribution is -0.870. The van der Waals surface area contributed by atoms with E-state index in [-0.39, 0.29) is 5.41 Å². The van der Waals surface area contributed by atoms with Crippen LogP contribution < -0.4 is 0 Å². The lowest BCUT2D eigenvalue weighted by Gasteiger charge is -2.33. The summed E-state index contributed by atoms with van der Waals surface area (Å²) in [5, 5.41) is 0. The van der Waals surface area contributed by atoms with Gasteiger partial charge in [0.15, 0.2) is 0 Å². The smallest absolute Gasteiger partial charge is 0.0780 e. The van der Waals surface area contributed by atoms with Gasteiger partial charge in [-0.25, -0.2) is 0 Å². The van der Waals surface area contributed by atoms with Gasteiger partial charge in [0.2, 0.25) is 0 Å². The van der Waals surface area contributed by atoms with Crippen molar-refractivity contribution in [1.82, 2.24) is 0 Å². The summed E-state index contributed by atoms with van der Waals surface area (Å²) in [6, 6.07) is 25.2. The molecule has 0 bridgehead atoms. The summed E-state index contributed by atoms with van der Waals surface area (Å²) in [5.41, 5.74) is 9.85. The molecular weight excluding hydrogens is 520 g/mol. The molecule has 2 nitrogen and oxygen atoms in total. The molecule has 3 aromatic carbocycles. The molecule has 1 aliphatic carbocycles. The Morgan fingerprint density at radius 1 is 0.535 bits per heavy atom. The Morgan fingerprint density at radius 2 is 1.02 bits per heavy atom. The van der Waals surface area contributed by atoms with Crippen LogP contribution in [0.15, 0.2) is 73.3 Å². The van der Waals surface area contributed by atoms with Crippen molar-refractivity contribution >= 4 is 18.2 Å². The van der Waals surface area contributed by atoms with Crippen LogP contribution in [0.2, 0.25) is 0 Å². The average Bonchev–Trinajstić information content (AvgIpc) is 3.24. The summed E-state index contributed by atoms with van der Waals surface area (Å²) in [5.74, 6) is 0. The minimum Gasteiger partial charge on any atom is -0.331 e. The molecular formula is C41H58N2+2. The second-order valence-corrected chi connectivity index (χ2v) is 15.0. The van der Waals surface area contributed by atoms with Crippen molar-refractivity contribution in [3.8, 4) is 11.1 Å². The number of benzene rings is 3. The van der Waals surface area contributed by atoms with Gasteiger partial charge in [-0.1, -0.05) is 117 Å². The highest BCUT2D eigenvalue weighted by molar-refractivity contribution is 5.83. The topological polar surface area (TPSA) is 0 Å². The molecule has 0 heterocycles. The normalized spacial score (nSPS) is 14.2. The number of unbranched alkanes of at least 4 members (excludes halogenated alkanes) is 6. The second kappa shape index (κ2) is 14.7. The van der Waals surface area contributed by atoms with Crippen molar-refractivity contribution in [3.63, 3.8) is 0 Å². The Bertz CT molecular complexity index is 1320. The van der Waals surface area contributed by atoms with Gasteiger partial charge in [-0.15, -0.1) is 0 Å². The predicted octanol–water partition coefficient (Wildman–Crippen LogP) is 10.1. The maximum absolute atomic E-state index is 3.89. The Labute approximate surface area is 263 Å². The number of nitrogens with zero attached hydrogens (tertiary/aromatic N) is 2. The minimum atomic E-state index is 0.113. The summed E-state index contributed by atoms with van der Waals surface area (Å²) in [6.07, 6.45) is 19.5. The molecule has 0 aliphatic heterocycles. The largest absolute Gasteiger partial charge is 0.331 e. The van der Waals surface area contributed by atoms with E-state index in [1.807, 2.05) is 6.08 Å². The Morgan fingerprint density at radius 3 is 1.60 bits per heavy atom. The summed E-state index contributed by atoms with van der Waals surface area (Å²) in [4.78, 5) is 0. The third kappa shape index (κ3) is 9.27. The molecule has 230 valence electrons. The molecule has 0 fully saturated rings. The number of hydrogen-bond donors (Lipinski definition) is 0. The second-order valence-electron chi connectivity index (χ2n) is 15.0. The predicted molar refractivity (Wildman–Crippen MR) is 190 cm³/mol. The SMILES string of the molecule is C=Cc1ccc(/C=C/c2ccc3c(c2)C(CCCCCC[N+](C)(C)C)(CCCCCC[N+](C)(C)C)c2ccccc2-3)cc1. The van der Waals surface area contributed by atoms with Crippen LogP contribution in [-0.2, 0) is 5.41 Å². The van der Waals surface area contributed by atoms with Crippen molar-refractivity contribution in [2.75, 3.05) is 55.4 Å². The van der Waals surface area contributed by atoms with Gasteiger partial charge in [-0.05, 0) is 77.5 Å². The number of quaternary nitrogens is 2. The van der Waals surface area contributed by atoms with Gasteiger partial charge in [0.25, 0.3) is 0 Å². The van der Waals surface area contributed by atoms with Crippen LogP contribution in [0, 0.1) is 0 Å². The third-order valence-corrected chi connectivity index (χ3v) is 9.30. The summed E-state index contributed by atoms with van der Waals surface area (Å²) in [6.45, 7) is 6.41. The zero-order valence-corrected chi connectivity index (χ0v) is 28.2. The minimum absolute atomic E-state index is 0.113. The molecule has 0 unspecified atom stereocenters. The third-order valence-electron chi connectivity index (χ3n) is 9.30. The van der Waals surface area contributed by atoms with Crippen LogP contribution in [0.1, 0.15) is 92.0 Å². The number of rotatable bonds is 17. The van der Waals surface area contributed by atoms with E-state index >= 15 is 0 Å². The molecule has 2 heteroatoms. The summed E-state index contributed by atoms with van der Waals surface area (Å²) >= 11 is 0. The van der Waals surface area contributed by atoms with Crippen LogP contribution in [0.3, 0.4) is 0 Å². The maximum atomic E-state index is 3.89. The van der Waals surface area contributed by atoms with Crippen molar-refractivity contribution in [3.05, 3.63) is 101 Å². The van der Waals surface area contributed by atoms with E-state index in [2.05, 4.69) is 128 Å². The van der Waals surface area contributed by atoms with Crippen molar-refractivity contribution in [2.24, 2.45) is 0 Å². The van der Waals surface area contributed by atoms with E-state index in [4.69, 9.17) is 0 Å². The molecule has 0 atom stereocenters. The summed E-state index contributed by atoms with van der Waals surface area (Å²) in [7, 11) is 13.9. The first-order valence-corrected chi connectivity index (χ1v) is 16.8. The first-order chi connectivity index (χ1) is 20.5. The molecule has 4 rings (SSSR count). The molecule has 3 aromatic rings. The molecule has 0 amide bonds. The first kappa shape index (κ1) is 33.0. The van der Waals surface area contributed by atoms with Crippen molar-refractivity contribution < 1.29 is 8.97 Å². The highest BCUT2D eigenvalue weighted by atomic mass is 15.3. The van der Waals surface area contributed by atoms with Crippen LogP contribution in [0.5, 0.6) is 0 Å². The molecule has 0 spiro atoms. The fourth-order valence-corrected chi connectivity index (χ4v) is 6.91. The van der Waals surface area contributed by atoms with Crippen molar-refractivity contribution in [1.29, 1.82) is 0 Å². The lowest BCUT2D eigenvalue weighted by Crippen LogP contribution is -2.35. The molecule has 1 aliphatic rings. The zero-order chi connectivity index (χ0) is 30.9. The fraction of sp³-hybridized carbons (Fsp3) is 0.463. The van der Waals surface area contributed by atoms with E-state index in [0.29, 0.717) is 0 Å². The molecule has 0 radical (unpaired) electrons. The standard InChI is InChI=1S/C41H58N2/c1-8-34-21-23-35(24-22-34)25-26-36-27-28-38-37-19-13-14-20-39(37)41(40(38)33-36,29-15-9-11-17-31-42(2,3)4)30-16-10-12-18-32-43(5,6)7/h8,13-14,19-28,33H,1,9-12,15-18,29-32H2,2-7H3/q+2/b26-25+. The average molecular weight is 579 g/mol. The number of hydrogen-bond acceptors (Lipinski definition) is 0. The van der Waals surface area contributed by atoms with Crippen LogP contribution >= 0.6 is 0 Å². The molecule has 0 N–H and O–H groups in total. The monoisotopic (exact) mass is 578 g/mol. The highest BCUT2D eigenvalue weighted by Gasteiger charge is 2.42. The van der Waals surface area contributed by atoms with Gasteiger partial charge < -0.3 is 8.97 Å². The van der Waals surface area contributed by atoms with E-state index in [1.54, 1.807) is 11.1 Å². The molecule has 0 aromatic heterocycles. The van der Waals surface area contributed by atoms with Crippen LogP contribution in [0.4, 0.5) is 0 Å². The van der Waals surface area contributed by atoms with Gasteiger partial charge >= 0.3 is 0 Å². The van der Waals surface area contributed by atoms with Gasteiger partial charge in [0, 0.05) is 5.41 Å². The quantitative estimate of drug-likeness (QED) is 0.0849. The van der Waals surface area contributed by atoms with Crippen LogP contribution in [0.25, 0.3) is 29.4 Å². The molecule has 43 heavy (non-hydrogen) atoms. The van der Waals surface area contributed by atoms with Gasteiger partial charge in [-0.3, -0.25) is 0 Å². The fourth-order valence-electron chi connectivity index (χ4n) is 6.91. The Balaban J connectivity index is 1.58. The van der Waals surface area contributed by atoms with Gasteiger partial charge in [0.05, 0.1) is 55.4 Å². The van der Waals surface area contributed by atoms with E-state index < -0.39 is 0 Å². The summed E-state index contributed by atoms with van der Waals surface area (Å²) < 4.78 is 2.13. The lowest BCUT2D eigenvalue weighted by atomic mass is 9.70. The molecule has 0 saturated carbocycles. The van der Waals surface area contributed by atoms with Gasteiger partial charge in [0.1, 0.15) is 0 Å². The Kier molecular flexibility index (Phi) is 11.3. The van der Waals surface area contributed by atoms with E-state index in [0.717, 1.165) is 14.5 Å². The maximum Gasteiger partial charge on any atom is 0.0780 e. The highest BCUT2D eigenvalue weighted by Crippen LogP contribution is 2.54. The van der Waals surface area contributed by atoms with Crippen LogP contribution in [-0.4, -0.2) is 64.3 Å². The first-order valence-electron chi connectivity index (χ1n) is 16.8.